The van der Waals surface area contributed by atoms with Crippen LogP contribution in [0.3, 0.4) is 0 Å². The van der Waals surface area contributed by atoms with Gasteiger partial charge in [0.2, 0.25) is 0 Å². The number of aromatic nitrogens is 2. The average molecular weight is 471 g/mol. The number of methoxy groups -OCH3 is 1. The van der Waals surface area contributed by atoms with Gasteiger partial charge in [0.05, 0.1) is 37.2 Å². The van der Waals surface area contributed by atoms with E-state index in [0.29, 0.717) is 39.8 Å². The van der Waals surface area contributed by atoms with Crippen LogP contribution in [0.2, 0.25) is 0 Å². The summed E-state index contributed by atoms with van der Waals surface area (Å²) in [5.41, 5.74) is 2.13. The molecular formula is C22H22N4O6S. The molecule has 1 atom stereocenters. The summed E-state index contributed by atoms with van der Waals surface area (Å²) in [6.07, 6.45) is 1.54. The molecule has 0 fully saturated rings. The van der Waals surface area contributed by atoms with E-state index in [4.69, 9.17) is 18.3 Å². The van der Waals surface area contributed by atoms with E-state index in [9.17, 15) is 9.59 Å². The third-order valence-electron chi connectivity index (χ3n) is 4.93. The number of benzene rings is 1. The van der Waals surface area contributed by atoms with Gasteiger partial charge >= 0.3 is 12.0 Å². The number of thioether (sulfide) groups is 1. The van der Waals surface area contributed by atoms with Crippen molar-refractivity contribution in [1.29, 1.82) is 0 Å². The number of carbonyl (C=O) groups is 2. The lowest BCUT2D eigenvalue weighted by molar-refractivity contribution is -0.139. The predicted octanol–water partition coefficient (Wildman–Crippen LogP) is 3.61. The van der Waals surface area contributed by atoms with Gasteiger partial charge in [-0.2, -0.15) is 0 Å². The number of amides is 2. The third-order valence-corrected chi connectivity index (χ3v) is 5.78. The number of hydrogen-bond donors (Lipinski definition) is 2. The lowest BCUT2D eigenvalue weighted by Gasteiger charge is -2.29. The molecule has 172 valence electrons. The Balaban J connectivity index is 1.62. The highest BCUT2D eigenvalue weighted by atomic mass is 32.2. The second kappa shape index (κ2) is 9.82. The number of furan rings is 1. The first-order valence-corrected chi connectivity index (χ1v) is 11.1. The molecule has 3 aromatic rings. The fourth-order valence-corrected chi connectivity index (χ4v) is 4.08. The van der Waals surface area contributed by atoms with Crippen LogP contribution in [0.5, 0.6) is 5.75 Å². The minimum Gasteiger partial charge on any atom is -0.497 e. The Morgan fingerprint density at radius 2 is 2.00 bits per heavy atom. The molecule has 0 saturated heterocycles. The van der Waals surface area contributed by atoms with Crippen molar-refractivity contribution < 1.29 is 27.9 Å². The van der Waals surface area contributed by atoms with E-state index in [0.717, 1.165) is 0 Å². The molecule has 0 aliphatic carbocycles. The Kier molecular flexibility index (Phi) is 6.68. The van der Waals surface area contributed by atoms with Crippen LogP contribution in [0, 0.1) is 6.92 Å². The fraction of sp³-hybridized carbons (Fsp3) is 0.273. The van der Waals surface area contributed by atoms with Crippen LogP contribution in [0.4, 0.5) is 4.79 Å². The van der Waals surface area contributed by atoms with Crippen molar-refractivity contribution in [3.63, 3.8) is 0 Å². The maximum atomic E-state index is 12.9. The van der Waals surface area contributed by atoms with Gasteiger partial charge in [-0.25, -0.2) is 9.59 Å². The number of esters is 1. The highest BCUT2D eigenvalue weighted by Gasteiger charge is 2.34. The Bertz CT molecular complexity index is 1180. The molecule has 33 heavy (non-hydrogen) atoms. The molecule has 0 radical (unpaired) electrons. The summed E-state index contributed by atoms with van der Waals surface area (Å²) in [5.74, 6) is 1.34. The van der Waals surface area contributed by atoms with E-state index in [1.165, 1.54) is 11.8 Å². The molecule has 0 saturated carbocycles. The minimum atomic E-state index is -0.689. The smallest absolute Gasteiger partial charge is 0.338 e. The third kappa shape index (κ3) is 4.87. The molecule has 4 rings (SSSR count). The predicted molar refractivity (Wildman–Crippen MR) is 119 cm³/mol. The van der Waals surface area contributed by atoms with E-state index in [1.807, 2.05) is 0 Å². The molecule has 1 aliphatic rings. The normalized spacial score (nSPS) is 15.7. The lowest BCUT2D eigenvalue weighted by atomic mass is 9.95. The second-order valence-corrected chi connectivity index (χ2v) is 7.90. The number of ether oxygens (including phenoxy) is 2. The Labute approximate surface area is 193 Å². The van der Waals surface area contributed by atoms with Crippen molar-refractivity contribution in [2.75, 3.05) is 19.5 Å². The molecule has 11 heteroatoms. The quantitative estimate of drug-likeness (QED) is 0.375. The van der Waals surface area contributed by atoms with Crippen LogP contribution in [0.15, 0.2) is 61.9 Å². The van der Waals surface area contributed by atoms with E-state index >= 15 is 0 Å². The van der Waals surface area contributed by atoms with Gasteiger partial charge in [0.15, 0.2) is 0 Å². The lowest BCUT2D eigenvalue weighted by Crippen LogP contribution is -2.46. The first-order chi connectivity index (χ1) is 16.0. The van der Waals surface area contributed by atoms with Gasteiger partial charge in [-0.15, -0.1) is 10.2 Å². The number of nitrogens with one attached hydrogen (secondary N) is 2. The van der Waals surface area contributed by atoms with Gasteiger partial charge in [-0.3, -0.25) is 0 Å². The van der Waals surface area contributed by atoms with Gasteiger partial charge < -0.3 is 28.9 Å². The topological polar surface area (TPSA) is 129 Å². The number of carbonyl (C=O) groups excluding carboxylic acids is 2. The molecule has 1 aromatic carbocycles. The molecule has 3 heterocycles. The summed E-state index contributed by atoms with van der Waals surface area (Å²) in [6.45, 7) is 3.72. The molecular weight excluding hydrogens is 448 g/mol. The monoisotopic (exact) mass is 470 g/mol. The largest absolute Gasteiger partial charge is 0.497 e. The van der Waals surface area contributed by atoms with Crippen LogP contribution in [-0.2, 0) is 9.53 Å². The standard InChI is InChI=1S/C22H22N4O6S/c1-4-30-20(27)17-16(11-33-22-26-25-19(32-22)15-9-10-31-12(15)2)23-21(28)24-18(17)13-5-7-14(29-3)8-6-13/h5-10,18H,4,11H2,1-3H3,(H2,23,24,28). The second-order valence-electron chi connectivity index (χ2n) is 6.97. The molecule has 10 nitrogen and oxygen atoms in total. The number of nitrogens with zero attached hydrogens (tertiary/aromatic N) is 2. The van der Waals surface area contributed by atoms with Crippen LogP contribution in [0.1, 0.15) is 24.3 Å². The van der Waals surface area contributed by atoms with Crippen molar-refractivity contribution in [3.05, 3.63) is 59.2 Å². The number of hydrogen-bond acceptors (Lipinski definition) is 9. The summed E-state index contributed by atoms with van der Waals surface area (Å²) < 4.78 is 21.5. The number of aryl methyl sites for hydroxylation is 1. The van der Waals surface area contributed by atoms with Gasteiger partial charge in [-0.1, -0.05) is 23.9 Å². The molecule has 1 unspecified atom stereocenters. The van der Waals surface area contributed by atoms with Crippen molar-refractivity contribution in [2.45, 2.75) is 25.1 Å². The molecule has 2 amide bonds. The van der Waals surface area contributed by atoms with E-state index < -0.39 is 18.0 Å². The Hall–Kier alpha value is -3.73. The molecule has 0 bridgehead atoms. The van der Waals surface area contributed by atoms with Gasteiger partial charge in [0.1, 0.15) is 11.5 Å². The highest BCUT2D eigenvalue weighted by Crippen LogP contribution is 2.32. The number of urea groups is 1. The van der Waals surface area contributed by atoms with Gasteiger partial charge in [0.25, 0.3) is 11.1 Å². The summed E-state index contributed by atoms with van der Waals surface area (Å²) in [6, 6.07) is 7.72. The van der Waals surface area contributed by atoms with Gasteiger partial charge in [0, 0.05) is 11.4 Å². The zero-order valence-electron chi connectivity index (χ0n) is 18.2. The first-order valence-electron chi connectivity index (χ1n) is 10.1. The van der Waals surface area contributed by atoms with Crippen LogP contribution >= 0.6 is 11.8 Å². The van der Waals surface area contributed by atoms with Crippen molar-refractivity contribution in [2.24, 2.45) is 0 Å². The van der Waals surface area contributed by atoms with Crippen LogP contribution in [-0.4, -0.2) is 41.7 Å². The SMILES string of the molecule is CCOC(=O)C1=C(CSc2nnc(-c3ccoc3C)o2)NC(=O)NC1c1ccc(OC)cc1. The van der Waals surface area contributed by atoms with E-state index in [2.05, 4.69) is 20.8 Å². The molecule has 2 N–H and O–H groups in total. The van der Waals surface area contributed by atoms with Crippen LogP contribution in [0.25, 0.3) is 11.5 Å². The molecule has 2 aromatic heterocycles. The molecule has 1 aliphatic heterocycles. The van der Waals surface area contributed by atoms with E-state index in [-0.39, 0.29) is 17.6 Å². The van der Waals surface area contributed by atoms with Gasteiger partial charge in [-0.05, 0) is 37.6 Å². The summed E-state index contributed by atoms with van der Waals surface area (Å²) >= 11 is 1.20. The highest BCUT2D eigenvalue weighted by molar-refractivity contribution is 7.99. The minimum absolute atomic E-state index is 0.198. The fourth-order valence-electron chi connectivity index (χ4n) is 3.35. The van der Waals surface area contributed by atoms with Crippen molar-refractivity contribution in [3.8, 4) is 17.2 Å². The Morgan fingerprint density at radius 3 is 2.67 bits per heavy atom. The van der Waals surface area contributed by atoms with Crippen molar-refractivity contribution in [1.82, 2.24) is 20.8 Å². The zero-order chi connectivity index (χ0) is 23.4. The maximum Gasteiger partial charge on any atom is 0.338 e. The first kappa shape index (κ1) is 22.5. The molecule has 0 spiro atoms. The summed E-state index contributed by atoms with van der Waals surface area (Å²) in [4.78, 5) is 25.3. The average Bonchev–Trinajstić information content (AvgIpc) is 3.46. The number of rotatable bonds is 8. The van der Waals surface area contributed by atoms with Crippen LogP contribution < -0.4 is 15.4 Å². The van der Waals surface area contributed by atoms with Crippen molar-refractivity contribution >= 4 is 23.8 Å². The summed E-state index contributed by atoms with van der Waals surface area (Å²) in [5, 5.41) is 13.9. The summed E-state index contributed by atoms with van der Waals surface area (Å²) in [7, 11) is 1.57. The maximum absolute atomic E-state index is 12.9. The zero-order valence-corrected chi connectivity index (χ0v) is 19.0. The van der Waals surface area contributed by atoms with E-state index in [1.54, 1.807) is 57.6 Å². The Morgan fingerprint density at radius 1 is 1.21 bits per heavy atom.